The Morgan fingerprint density at radius 1 is 0.756 bits per heavy atom. The number of carboxylic acids is 1. The van der Waals surface area contributed by atoms with Gasteiger partial charge in [-0.1, -0.05) is 36.4 Å². The molecule has 41 heavy (non-hydrogen) atoms. The number of carboxylic acid groups (broad SMARTS) is 1. The minimum absolute atomic E-state index is 0.0270. The standard InChI is InChI=1S/C28H32N6O6S/c29-19(9-15-11-30-20-7-3-1-5-17(15)20)25(36)34-24(14-41)27(38)33-23(13-35)26(37)32-22(28(39)40)10-16-12-31-21-8-4-2-6-18(16)21/h1-8,11-12,19,22-24,30-31,35,41H,9-10,13-14,29H2,(H,32,37)(H,33,38)(H,34,36)(H,39,40). The van der Waals surface area contributed by atoms with Crippen LogP contribution in [-0.4, -0.2) is 80.4 Å². The van der Waals surface area contributed by atoms with Crippen molar-refractivity contribution in [3.8, 4) is 0 Å². The molecule has 0 aliphatic rings. The lowest BCUT2D eigenvalue weighted by atomic mass is 10.0. The van der Waals surface area contributed by atoms with E-state index in [0.29, 0.717) is 5.56 Å². The summed E-state index contributed by atoms with van der Waals surface area (Å²) >= 11 is 4.14. The van der Waals surface area contributed by atoms with Crippen LogP contribution in [-0.2, 0) is 32.0 Å². The summed E-state index contributed by atoms with van der Waals surface area (Å²) < 4.78 is 0. The number of thiol groups is 1. The molecule has 0 aliphatic carbocycles. The molecule has 12 nitrogen and oxygen atoms in total. The minimum Gasteiger partial charge on any atom is -0.480 e. The van der Waals surface area contributed by atoms with Crippen molar-refractivity contribution in [2.45, 2.75) is 37.0 Å². The van der Waals surface area contributed by atoms with E-state index < -0.39 is 54.5 Å². The molecule has 4 rings (SSSR count). The Balaban J connectivity index is 1.35. The molecule has 0 aliphatic heterocycles. The second kappa shape index (κ2) is 13.4. The molecule has 2 heterocycles. The maximum atomic E-state index is 12.9. The SMILES string of the molecule is NC(Cc1c[nH]c2ccccc12)C(=O)NC(CS)C(=O)NC(CO)C(=O)NC(Cc1c[nH]c2ccccc12)C(=O)O. The number of nitrogens with two attached hydrogens (primary N) is 1. The number of fused-ring (bicyclic) bond motifs is 2. The van der Waals surface area contributed by atoms with Crippen molar-refractivity contribution >= 4 is 58.1 Å². The molecule has 13 heteroatoms. The molecule has 4 unspecified atom stereocenters. The van der Waals surface area contributed by atoms with E-state index in [-0.39, 0.29) is 18.6 Å². The van der Waals surface area contributed by atoms with Gasteiger partial charge in [0.2, 0.25) is 17.7 Å². The van der Waals surface area contributed by atoms with Gasteiger partial charge in [-0.25, -0.2) is 4.79 Å². The Kier molecular flexibility index (Phi) is 9.65. The predicted octanol–water partition coefficient (Wildman–Crippen LogP) is 0.223. The Labute approximate surface area is 240 Å². The van der Waals surface area contributed by atoms with Gasteiger partial charge < -0.3 is 41.9 Å². The average Bonchev–Trinajstić information content (AvgIpc) is 3.57. The maximum absolute atomic E-state index is 12.9. The monoisotopic (exact) mass is 580 g/mol. The van der Waals surface area contributed by atoms with Gasteiger partial charge in [0.05, 0.1) is 12.6 Å². The zero-order valence-corrected chi connectivity index (χ0v) is 22.9. The highest BCUT2D eigenvalue weighted by molar-refractivity contribution is 7.80. The van der Waals surface area contributed by atoms with Crippen molar-refractivity contribution in [3.63, 3.8) is 0 Å². The lowest BCUT2D eigenvalue weighted by Crippen LogP contribution is -2.58. The summed E-state index contributed by atoms with van der Waals surface area (Å²) in [6, 6.07) is 9.98. The number of aromatic nitrogens is 2. The fraction of sp³-hybridized carbons (Fsp3) is 0.286. The van der Waals surface area contributed by atoms with Crippen LogP contribution in [0.2, 0.25) is 0 Å². The second-order valence-corrected chi connectivity index (χ2v) is 9.99. The summed E-state index contributed by atoms with van der Waals surface area (Å²) in [5, 5.41) is 28.5. The molecule has 2 aromatic carbocycles. The topological polar surface area (TPSA) is 202 Å². The quantitative estimate of drug-likeness (QED) is 0.101. The summed E-state index contributed by atoms with van der Waals surface area (Å²) in [7, 11) is 0. The van der Waals surface area contributed by atoms with Gasteiger partial charge >= 0.3 is 5.97 Å². The van der Waals surface area contributed by atoms with E-state index in [1.807, 2.05) is 48.5 Å². The van der Waals surface area contributed by atoms with E-state index in [9.17, 15) is 29.4 Å². The third-order valence-electron chi connectivity index (χ3n) is 6.80. The molecule has 2 aromatic heterocycles. The number of rotatable bonds is 13. The van der Waals surface area contributed by atoms with Crippen molar-refractivity contribution in [2.24, 2.45) is 5.73 Å². The van der Waals surface area contributed by atoms with Crippen molar-refractivity contribution in [1.82, 2.24) is 25.9 Å². The Bertz CT molecular complexity index is 1550. The Hall–Kier alpha value is -4.33. The Morgan fingerprint density at radius 3 is 1.78 bits per heavy atom. The smallest absolute Gasteiger partial charge is 0.326 e. The largest absolute Gasteiger partial charge is 0.480 e. The third-order valence-corrected chi connectivity index (χ3v) is 7.16. The van der Waals surface area contributed by atoms with Crippen LogP contribution in [0.3, 0.4) is 0 Å². The highest BCUT2D eigenvalue weighted by Gasteiger charge is 2.30. The summed E-state index contributed by atoms with van der Waals surface area (Å²) in [5.41, 5.74) is 9.35. The van der Waals surface area contributed by atoms with Crippen LogP contribution in [0.4, 0.5) is 0 Å². The fourth-order valence-corrected chi connectivity index (χ4v) is 4.82. The summed E-state index contributed by atoms with van der Waals surface area (Å²) in [4.78, 5) is 56.6. The van der Waals surface area contributed by atoms with Crippen LogP contribution in [0, 0.1) is 0 Å². The first-order valence-electron chi connectivity index (χ1n) is 12.9. The van der Waals surface area contributed by atoms with Crippen molar-refractivity contribution < 1.29 is 29.4 Å². The molecule has 9 N–H and O–H groups in total. The number of hydrogen-bond donors (Lipinski definition) is 9. The van der Waals surface area contributed by atoms with Crippen molar-refractivity contribution in [1.29, 1.82) is 0 Å². The van der Waals surface area contributed by atoms with E-state index in [4.69, 9.17) is 5.73 Å². The van der Waals surface area contributed by atoms with Gasteiger partial charge in [0.15, 0.2) is 0 Å². The number of H-pyrrole nitrogens is 2. The first-order valence-corrected chi connectivity index (χ1v) is 13.6. The van der Waals surface area contributed by atoms with E-state index in [2.05, 4.69) is 38.5 Å². The molecule has 4 atom stereocenters. The number of nitrogens with one attached hydrogen (secondary N) is 5. The first kappa shape index (κ1) is 29.6. The molecule has 0 spiro atoms. The van der Waals surface area contributed by atoms with Crippen LogP contribution in [0.25, 0.3) is 21.8 Å². The number of amides is 3. The van der Waals surface area contributed by atoms with Gasteiger partial charge in [-0.3, -0.25) is 14.4 Å². The number of aromatic amines is 2. The van der Waals surface area contributed by atoms with Gasteiger partial charge in [-0.05, 0) is 29.7 Å². The minimum atomic E-state index is -1.47. The summed E-state index contributed by atoms with van der Waals surface area (Å²) in [6.07, 6.45) is 3.63. The first-order chi connectivity index (χ1) is 19.7. The molecule has 0 radical (unpaired) electrons. The molecular formula is C28H32N6O6S. The predicted molar refractivity (Wildman–Crippen MR) is 156 cm³/mol. The molecule has 0 saturated carbocycles. The van der Waals surface area contributed by atoms with Crippen LogP contribution >= 0.6 is 12.6 Å². The zero-order chi connectivity index (χ0) is 29.5. The van der Waals surface area contributed by atoms with E-state index >= 15 is 0 Å². The second-order valence-electron chi connectivity index (χ2n) is 9.62. The third kappa shape index (κ3) is 7.06. The fourth-order valence-electron chi connectivity index (χ4n) is 4.56. The number of aliphatic hydroxyl groups is 1. The van der Waals surface area contributed by atoms with E-state index in [1.54, 1.807) is 12.4 Å². The Morgan fingerprint density at radius 2 is 1.24 bits per heavy atom. The molecule has 3 amide bonds. The average molecular weight is 581 g/mol. The highest BCUT2D eigenvalue weighted by Crippen LogP contribution is 2.20. The van der Waals surface area contributed by atoms with Crippen LogP contribution in [0.15, 0.2) is 60.9 Å². The molecule has 0 fully saturated rings. The highest BCUT2D eigenvalue weighted by atomic mass is 32.1. The number of benzene rings is 2. The van der Waals surface area contributed by atoms with Crippen LogP contribution in [0.5, 0.6) is 0 Å². The van der Waals surface area contributed by atoms with E-state index in [1.165, 1.54) is 0 Å². The van der Waals surface area contributed by atoms with Crippen molar-refractivity contribution in [3.05, 3.63) is 72.1 Å². The number of para-hydroxylation sites is 2. The maximum Gasteiger partial charge on any atom is 0.326 e. The summed E-state index contributed by atoms with van der Waals surface area (Å²) in [6.45, 7) is -0.801. The van der Waals surface area contributed by atoms with Gasteiger partial charge in [0.1, 0.15) is 18.1 Å². The van der Waals surface area contributed by atoms with Crippen LogP contribution in [0.1, 0.15) is 11.1 Å². The van der Waals surface area contributed by atoms with Crippen molar-refractivity contribution in [2.75, 3.05) is 12.4 Å². The lowest BCUT2D eigenvalue weighted by Gasteiger charge is -2.23. The molecule has 216 valence electrons. The van der Waals surface area contributed by atoms with Crippen LogP contribution < -0.4 is 21.7 Å². The number of carbonyl (C=O) groups is 4. The molecule has 0 bridgehead atoms. The molecule has 4 aromatic rings. The van der Waals surface area contributed by atoms with E-state index in [0.717, 1.165) is 27.4 Å². The number of aliphatic hydroxyl groups excluding tert-OH is 1. The van der Waals surface area contributed by atoms with Gasteiger partial charge in [-0.2, -0.15) is 12.6 Å². The normalized spacial score (nSPS) is 14.2. The summed E-state index contributed by atoms with van der Waals surface area (Å²) in [5.74, 6) is -3.68. The van der Waals surface area contributed by atoms with Gasteiger partial charge in [0, 0.05) is 46.4 Å². The molecular weight excluding hydrogens is 548 g/mol. The van der Waals surface area contributed by atoms with Gasteiger partial charge in [0.25, 0.3) is 0 Å². The number of carbonyl (C=O) groups excluding carboxylic acids is 3. The number of aliphatic carboxylic acids is 1. The zero-order valence-electron chi connectivity index (χ0n) is 22.0. The number of hydrogen-bond acceptors (Lipinski definition) is 7. The molecule has 0 saturated heterocycles. The van der Waals surface area contributed by atoms with Gasteiger partial charge in [-0.15, -0.1) is 0 Å². The lowest BCUT2D eigenvalue weighted by molar-refractivity contribution is -0.142.